The van der Waals surface area contributed by atoms with Gasteiger partial charge in [-0.3, -0.25) is 0 Å². The maximum Gasteiger partial charge on any atom is 0.338 e. The van der Waals surface area contributed by atoms with E-state index >= 15 is 0 Å². The van der Waals surface area contributed by atoms with Crippen molar-refractivity contribution in [3.63, 3.8) is 0 Å². The molecule has 0 spiro atoms. The SMILES string of the molecule is Cc1cc(N)ccc1C(=O)OCCOc1ccc(Br)cc1. The third kappa shape index (κ3) is 4.49. The molecule has 4 nitrogen and oxygen atoms in total. The second-order valence-corrected chi connectivity index (χ2v) is 5.43. The summed E-state index contributed by atoms with van der Waals surface area (Å²) in [4.78, 5) is 11.9. The van der Waals surface area contributed by atoms with Gasteiger partial charge in [0.2, 0.25) is 0 Å². The van der Waals surface area contributed by atoms with Gasteiger partial charge in [0.15, 0.2) is 0 Å². The van der Waals surface area contributed by atoms with E-state index < -0.39 is 0 Å². The molecular weight excluding hydrogens is 334 g/mol. The Kier molecular flexibility index (Phi) is 5.22. The van der Waals surface area contributed by atoms with Gasteiger partial charge in [-0.05, 0) is 55.0 Å². The third-order valence-electron chi connectivity index (χ3n) is 2.87. The lowest BCUT2D eigenvalue weighted by atomic mass is 10.1. The molecule has 5 heteroatoms. The maximum absolute atomic E-state index is 11.9. The van der Waals surface area contributed by atoms with Crippen LogP contribution in [0.2, 0.25) is 0 Å². The summed E-state index contributed by atoms with van der Waals surface area (Å²) < 4.78 is 11.6. The van der Waals surface area contributed by atoms with Crippen molar-refractivity contribution in [3.05, 3.63) is 58.1 Å². The number of aryl methyl sites for hydroxylation is 1. The normalized spacial score (nSPS) is 10.2. The van der Waals surface area contributed by atoms with Crippen LogP contribution in [0.3, 0.4) is 0 Å². The summed E-state index contributed by atoms with van der Waals surface area (Å²) in [7, 11) is 0. The maximum atomic E-state index is 11.9. The highest BCUT2D eigenvalue weighted by Crippen LogP contribution is 2.16. The Labute approximate surface area is 132 Å². The first-order chi connectivity index (χ1) is 10.1. The molecule has 21 heavy (non-hydrogen) atoms. The lowest BCUT2D eigenvalue weighted by Gasteiger charge is -2.09. The summed E-state index contributed by atoms with van der Waals surface area (Å²) in [6, 6.07) is 12.6. The zero-order chi connectivity index (χ0) is 15.2. The van der Waals surface area contributed by atoms with E-state index in [0.29, 0.717) is 17.9 Å². The molecule has 0 saturated carbocycles. The van der Waals surface area contributed by atoms with Crippen LogP contribution in [0.15, 0.2) is 46.9 Å². The largest absolute Gasteiger partial charge is 0.490 e. The molecule has 0 aliphatic carbocycles. The number of nitrogens with two attached hydrogens (primary N) is 1. The molecule has 0 aromatic heterocycles. The van der Waals surface area contributed by atoms with Crippen molar-refractivity contribution in [1.29, 1.82) is 0 Å². The highest BCUT2D eigenvalue weighted by Gasteiger charge is 2.10. The summed E-state index contributed by atoms with van der Waals surface area (Å²) in [6.45, 7) is 2.32. The number of benzene rings is 2. The zero-order valence-corrected chi connectivity index (χ0v) is 13.2. The van der Waals surface area contributed by atoms with Crippen LogP contribution in [0.5, 0.6) is 5.75 Å². The Morgan fingerprint density at radius 2 is 1.86 bits per heavy atom. The molecule has 0 aliphatic heterocycles. The highest BCUT2D eigenvalue weighted by atomic mass is 79.9. The van der Waals surface area contributed by atoms with E-state index in [2.05, 4.69) is 15.9 Å². The van der Waals surface area contributed by atoms with Gasteiger partial charge in [0.05, 0.1) is 5.56 Å². The molecule has 0 fully saturated rings. The van der Waals surface area contributed by atoms with E-state index in [1.54, 1.807) is 18.2 Å². The van der Waals surface area contributed by atoms with Gasteiger partial charge in [0.25, 0.3) is 0 Å². The van der Waals surface area contributed by atoms with E-state index in [1.807, 2.05) is 31.2 Å². The number of nitrogen functional groups attached to an aromatic ring is 1. The van der Waals surface area contributed by atoms with Crippen LogP contribution in [0.25, 0.3) is 0 Å². The smallest absolute Gasteiger partial charge is 0.338 e. The minimum Gasteiger partial charge on any atom is -0.490 e. The van der Waals surface area contributed by atoms with Crippen molar-refractivity contribution in [2.24, 2.45) is 0 Å². The summed E-state index contributed by atoms with van der Waals surface area (Å²) in [5.74, 6) is 0.366. The number of hydrogen-bond acceptors (Lipinski definition) is 4. The third-order valence-corrected chi connectivity index (χ3v) is 3.40. The van der Waals surface area contributed by atoms with Gasteiger partial charge in [-0.25, -0.2) is 4.79 Å². The fourth-order valence-electron chi connectivity index (χ4n) is 1.82. The fraction of sp³-hybridized carbons (Fsp3) is 0.188. The average molecular weight is 350 g/mol. The van der Waals surface area contributed by atoms with Gasteiger partial charge in [-0.15, -0.1) is 0 Å². The Morgan fingerprint density at radius 1 is 1.14 bits per heavy atom. The van der Waals surface area contributed by atoms with Gasteiger partial charge in [0, 0.05) is 10.2 Å². The molecule has 0 aliphatic rings. The highest BCUT2D eigenvalue weighted by molar-refractivity contribution is 9.10. The number of anilines is 1. The molecule has 0 radical (unpaired) electrons. The summed E-state index contributed by atoms with van der Waals surface area (Å²) in [5.41, 5.74) is 7.60. The number of rotatable bonds is 5. The molecule has 0 bridgehead atoms. The topological polar surface area (TPSA) is 61.6 Å². The second-order valence-electron chi connectivity index (χ2n) is 4.51. The number of carbonyl (C=O) groups is 1. The molecule has 2 N–H and O–H groups in total. The van der Waals surface area contributed by atoms with E-state index in [0.717, 1.165) is 15.8 Å². The van der Waals surface area contributed by atoms with Gasteiger partial charge >= 0.3 is 5.97 Å². The Bertz CT molecular complexity index is 626. The van der Waals surface area contributed by atoms with E-state index in [-0.39, 0.29) is 12.6 Å². The number of esters is 1. The Hall–Kier alpha value is -2.01. The minimum atomic E-state index is -0.369. The van der Waals surface area contributed by atoms with Gasteiger partial charge in [-0.2, -0.15) is 0 Å². The van der Waals surface area contributed by atoms with Crippen LogP contribution in [-0.4, -0.2) is 19.2 Å². The Morgan fingerprint density at radius 3 is 2.52 bits per heavy atom. The van der Waals surface area contributed by atoms with Crippen LogP contribution in [-0.2, 0) is 4.74 Å². The molecule has 0 amide bonds. The first kappa shape index (κ1) is 15.4. The predicted octanol–water partition coefficient (Wildman–Crippen LogP) is 3.58. The van der Waals surface area contributed by atoms with Crippen molar-refractivity contribution < 1.29 is 14.3 Å². The molecular formula is C16H16BrNO3. The van der Waals surface area contributed by atoms with E-state index in [4.69, 9.17) is 15.2 Å². The van der Waals surface area contributed by atoms with E-state index in [9.17, 15) is 4.79 Å². The standard InChI is InChI=1S/C16H16BrNO3/c1-11-10-13(18)4-7-15(11)16(19)21-9-8-20-14-5-2-12(17)3-6-14/h2-7,10H,8-9,18H2,1H3. The minimum absolute atomic E-state index is 0.193. The molecule has 110 valence electrons. The van der Waals surface area contributed by atoms with Crippen molar-refractivity contribution in [3.8, 4) is 5.75 Å². The fourth-order valence-corrected chi connectivity index (χ4v) is 2.08. The number of hydrogen-bond donors (Lipinski definition) is 1. The summed E-state index contributed by atoms with van der Waals surface area (Å²) >= 11 is 3.35. The van der Waals surface area contributed by atoms with Crippen LogP contribution >= 0.6 is 15.9 Å². The molecule has 2 aromatic rings. The predicted molar refractivity (Wildman–Crippen MR) is 85.5 cm³/mol. The van der Waals surface area contributed by atoms with Crippen molar-refractivity contribution in [2.45, 2.75) is 6.92 Å². The molecule has 0 atom stereocenters. The van der Waals surface area contributed by atoms with Crippen molar-refractivity contribution in [2.75, 3.05) is 18.9 Å². The number of ether oxygens (including phenoxy) is 2. The quantitative estimate of drug-likeness (QED) is 0.509. The lowest BCUT2D eigenvalue weighted by Crippen LogP contribution is -2.13. The zero-order valence-electron chi connectivity index (χ0n) is 11.6. The van der Waals surface area contributed by atoms with Crippen LogP contribution in [0.1, 0.15) is 15.9 Å². The monoisotopic (exact) mass is 349 g/mol. The molecule has 2 aromatic carbocycles. The van der Waals surface area contributed by atoms with Crippen LogP contribution in [0, 0.1) is 6.92 Å². The second kappa shape index (κ2) is 7.13. The van der Waals surface area contributed by atoms with Crippen LogP contribution in [0.4, 0.5) is 5.69 Å². The van der Waals surface area contributed by atoms with Crippen molar-refractivity contribution in [1.82, 2.24) is 0 Å². The number of carbonyl (C=O) groups excluding carboxylic acids is 1. The van der Waals surface area contributed by atoms with Gasteiger partial charge in [0.1, 0.15) is 19.0 Å². The Balaban J connectivity index is 1.80. The average Bonchev–Trinajstić information content (AvgIpc) is 2.45. The molecule has 0 unspecified atom stereocenters. The van der Waals surface area contributed by atoms with E-state index in [1.165, 1.54) is 0 Å². The first-order valence-electron chi connectivity index (χ1n) is 6.48. The first-order valence-corrected chi connectivity index (χ1v) is 7.27. The lowest BCUT2D eigenvalue weighted by molar-refractivity contribution is 0.0449. The van der Waals surface area contributed by atoms with Gasteiger partial charge in [-0.1, -0.05) is 15.9 Å². The molecule has 0 saturated heterocycles. The molecule has 0 heterocycles. The summed E-state index contributed by atoms with van der Waals surface area (Å²) in [5, 5.41) is 0. The molecule has 2 rings (SSSR count). The van der Waals surface area contributed by atoms with Crippen LogP contribution < -0.4 is 10.5 Å². The summed E-state index contributed by atoms with van der Waals surface area (Å²) in [6.07, 6.45) is 0. The number of halogens is 1. The van der Waals surface area contributed by atoms with Crippen molar-refractivity contribution >= 4 is 27.6 Å². The van der Waals surface area contributed by atoms with Gasteiger partial charge < -0.3 is 15.2 Å².